The molecule has 0 unspecified atom stereocenters. The summed E-state index contributed by atoms with van der Waals surface area (Å²) in [5.41, 5.74) is 1.78. The largest absolute Gasteiger partial charge is 0.351 e. The quantitative estimate of drug-likeness (QED) is 0.718. The number of fused-ring (bicyclic) bond motifs is 2. The Balaban J connectivity index is 1.74. The number of aromatic nitrogens is 2. The van der Waals surface area contributed by atoms with E-state index in [-0.39, 0.29) is 15.9 Å². The summed E-state index contributed by atoms with van der Waals surface area (Å²) in [6.07, 6.45) is 1.42. The van der Waals surface area contributed by atoms with E-state index in [1.165, 1.54) is 6.07 Å². The van der Waals surface area contributed by atoms with Gasteiger partial charge >= 0.3 is 0 Å². The molecule has 0 aliphatic carbocycles. The summed E-state index contributed by atoms with van der Waals surface area (Å²) in [6.45, 7) is 2.41. The van der Waals surface area contributed by atoms with Crippen LogP contribution in [0.5, 0.6) is 0 Å². The second-order valence-electron chi connectivity index (χ2n) is 6.04. The third-order valence-electron chi connectivity index (χ3n) is 4.11. The van der Waals surface area contributed by atoms with E-state index in [9.17, 15) is 13.2 Å². The van der Waals surface area contributed by atoms with Crippen LogP contribution >= 0.6 is 11.3 Å². The lowest BCUT2D eigenvalue weighted by atomic mass is 10.2. The van der Waals surface area contributed by atoms with Crippen LogP contribution in [0.3, 0.4) is 0 Å². The second-order valence-corrected chi connectivity index (χ2v) is 8.69. The number of pyridine rings is 1. The molecule has 3 aromatic rings. The normalized spacial score (nSPS) is 14.6. The Labute approximate surface area is 154 Å². The average molecular weight is 388 g/mol. The van der Waals surface area contributed by atoms with Crippen molar-refractivity contribution in [2.24, 2.45) is 0 Å². The van der Waals surface area contributed by atoms with Crippen LogP contribution in [0, 0.1) is 6.92 Å². The minimum Gasteiger partial charge on any atom is -0.351 e. The molecule has 4 rings (SSSR count). The lowest BCUT2D eigenvalue weighted by Gasteiger charge is -2.08. The van der Waals surface area contributed by atoms with E-state index in [1.807, 2.05) is 25.1 Å². The van der Waals surface area contributed by atoms with Crippen molar-refractivity contribution in [3.05, 3.63) is 46.6 Å². The summed E-state index contributed by atoms with van der Waals surface area (Å²) in [4.78, 5) is 21.3. The first-order chi connectivity index (χ1) is 12.4. The molecule has 0 saturated carbocycles. The van der Waals surface area contributed by atoms with Crippen LogP contribution in [0.4, 0.5) is 5.13 Å². The monoisotopic (exact) mass is 388 g/mol. The fraction of sp³-hybridized carbons (Fsp3) is 0.235. The van der Waals surface area contributed by atoms with Gasteiger partial charge in [0.1, 0.15) is 9.77 Å². The first-order valence-electron chi connectivity index (χ1n) is 8.11. The molecule has 1 aliphatic rings. The van der Waals surface area contributed by atoms with Crippen molar-refractivity contribution in [3.63, 3.8) is 0 Å². The smallest absolute Gasteiger partial charge is 0.265 e. The molecule has 2 N–H and O–H groups in total. The number of amides is 1. The van der Waals surface area contributed by atoms with Gasteiger partial charge in [0.15, 0.2) is 5.13 Å². The second kappa shape index (κ2) is 6.33. The van der Waals surface area contributed by atoms with Crippen LogP contribution < -0.4 is 10.0 Å². The molecule has 0 fully saturated rings. The third kappa shape index (κ3) is 3.04. The van der Waals surface area contributed by atoms with Gasteiger partial charge in [-0.3, -0.25) is 14.5 Å². The molecule has 26 heavy (non-hydrogen) atoms. The molecular weight excluding hydrogens is 372 g/mol. The van der Waals surface area contributed by atoms with Crippen LogP contribution in [0.2, 0.25) is 0 Å². The number of hydrogen-bond donors (Lipinski definition) is 2. The molecule has 0 radical (unpaired) electrons. The number of carbonyl (C=O) groups excluding carboxylic acids is 1. The average Bonchev–Trinajstić information content (AvgIpc) is 2.91. The van der Waals surface area contributed by atoms with Gasteiger partial charge in [-0.1, -0.05) is 29.5 Å². The van der Waals surface area contributed by atoms with E-state index in [2.05, 4.69) is 20.0 Å². The summed E-state index contributed by atoms with van der Waals surface area (Å²) in [6, 6.07) is 8.69. The lowest BCUT2D eigenvalue weighted by molar-refractivity contribution is 0.0960. The molecule has 0 atom stereocenters. The predicted molar refractivity (Wildman–Crippen MR) is 100 cm³/mol. The van der Waals surface area contributed by atoms with E-state index in [0.717, 1.165) is 28.8 Å². The number of aryl methyl sites for hydroxylation is 2. The Kier molecular flexibility index (Phi) is 4.12. The van der Waals surface area contributed by atoms with Gasteiger partial charge in [0.05, 0.1) is 11.2 Å². The fourth-order valence-electron chi connectivity index (χ4n) is 2.88. The lowest BCUT2D eigenvalue weighted by Crippen LogP contribution is -2.21. The molecule has 0 saturated heterocycles. The van der Waals surface area contributed by atoms with Crippen molar-refractivity contribution in [3.8, 4) is 0 Å². The highest BCUT2D eigenvalue weighted by molar-refractivity contribution is 7.93. The number of rotatable bonds is 3. The fourth-order valence-corrected chi connectivity index (χ4v) is 5.22. The zero-order valence-electron chi connectivity index (χ0n) is 13.9. The van der Waals surface area contributed by atoms with Gasteiger partial charge in [0.25, 0.3) is 15.9 Å². The summed E-state index contributed by atoms with van der Waals surface area (Å²) in [5.74, 6) is -0.206. The maximum absolute atomic E-state index is 12.9. The number of nitrogens with zero attached hydrogens (tertiary/aromatic N) is 2. The molecule has 3 heterocycles. The van der Waals surface area contributed by atoms with Gasteiger partial charge < -0.3 is 5.32 Å². The molecule has 1 aromatic carbocycles. The van der Waals surface area contributed by atoms with E-state index < -0.39 is 10.0 Å². The number of anilines is 1. The van der Waals surface area contributed by atoms with Crippen LogP contribution in [0.15, 0.2) is 35.2 Å². The molecule has 1 amide bonds. The Morgan fingerprint density at radius 1 is 1.19 bits per heavy atom. The van der Waals surface area contributed by atoms with Crippen molar-refractivity contribution in [1.29, 1.82) is 0 Å². The van der Waals surface area contributed by atoms with Gasteiger partial charge in [0.2, 0.25) is 0 Å². The molecule has 1 aliphatic heterocycles. The Morgan fingerprint density at radius 3 is 2.88 bits per heavy atom. The summed E-state index contributed by atoms with van der Waals surface area (Å²) in [7, 11) is -3.88. The number of thiazole rings is 1. The Hall–Kier alpha value is -2.52. The minimum absolute atomic E-state index is 0.0912. The van der Waals surface area contributed by atoms with Crippen LogP contribution in [-0.2, 0) is 16.4 Å². The summed E-state index contributed by atoms with van der Waals surface area (Å²) < 4.78 is 28.3. The molecule has 0 bridgehead atoms. The van der Waals surface area contributed by atoms with E-state index in [1.54, 1.807) is 6.07 Å². The van der Waals surface area contributed by atoms with E-state index in [0.29, 0.717) is 29.1 Å². The van der Waals surface area contributed by atoms with E-state index >= 15 is 0 Å². The van der Waals surface area contributed by atoms with Crippen LogP contribution in [0.25, 0.3) is 10.9 Å². The molecule has 134 valence electrons. The minimum atomic E-state index is -3.88. The summed E-state index contributed by atoms with van der Waals surface area (Å²) in [5, 5.41) is 3.72. The highest BCUT2D eigenvalue weighted by atomic mass is 32.2. The van der Waals surface area contributed by atoms with Crippen LogP contribution in [-0.4, -0.2) is 30.8 Å². The molecule has 0 spiro atoms. The zero-order valence-corrected chi connectivity index (χ0v) is 15.6. The number of nitrogens with one attached hydrogen (secondary N) is 2. The number of benzene rings is 1. The zero-order chi connectivity index (χ0) is 18.3. The van der Waals surface area contributed by atoms with Gasteiger partial charge in [-0.25, -0.2) is 13.4 Å². The molecule has 2 aromatic heterocycles. The molecular formula is C17H16N4O3S2. The maximum Gasteiger partial charge on any atom is 0.265 e. The topological polar surface area (TPSA) is 101 Å². The van der Waals surface area contributed by atoms with Crippen LogP contribution in [0.1, 0.15) is 27.5 Å². The molecule has 7 nitrogen and oxygen atoms in total. The van der Waals surface area contributed by atoms with Crippen molar-refractivity contribution >= 4 is 43.3 Å². The van der Waals surface area contributed by atoms with Gasteiger partial charge in [-0.2, -0.15) is 0 Å². The maximum atomic E-state index is 12.9. The number of carbonyl (C=O) groups is 1. The first-order valence-corrected chi connectivity index (χ1v) is 10.4. The van der Waals surface area contributed by atoms with Gasteiger partial charge in [-0.05, 0) is 31.9 Å². The van der Waals surface area contributed by atoms with Gasteiger partial charge in [-0.15, -0.1) is 0 Å². The molecule has 9 heteroatoms. The van der Waals surface area contributed by atoms with Crippen molar-refractivity contribution < 1.29 is 13.2 Å². The van der Waals surface area contributed by atoms with Crippen molar-refractivity contribution in [2.45, 2.75) is 24.7 Å². The SMILES string of the molecule is Cc1ccc2cccc(S(=O)(=O)Nc3nc4c(s3)C(=O)NCCC4)c2n1. The number of sulfonamides is 1. The first kappa shape index (κ1) is 16.9. The van der Waals surface area contributed by atoms with Crippen molar-refractivity contribution in [2.75, 3.05) is 11.3 Å². The highest BCUT2D eigenvalue weighted by Crippen LogP contribution is 2.29. The Morgan fingerprint density at radius 2 is 2.04 bits per heavy atom. The van der Waals surface area contributed by atoms with Gasteiger partial charge in [0, 0.05) is 17.6 Å². The number of hydrogen-bond acceptors (Lipinski definition) is 6. The number of para-hydroxylation sites is 1. The highest BCUT2D eigenvalue weighted by Gasteiger charge is 2.24. The Bertz CT molecular complexity index is 1120. The standard InChI is InChI=1S/C17H16N4O3S2/c1-10-7-8-11-4-2-6-13(14(11)19-10)26(23,24)21-17-20-12-5-3-9-18-16(22)15(12)25-17/h2,4,6-8H,3,5,9H2,1H3,(H,18,22)(H,20,21). The third-order valence-corrected chi connectivity index (χ3v) is 6.62. The van der Waals surface area contributed by atoms with Crippen molar-refractivity contribution in [1.82, 2.24) is 15.3 Å². The predicted octanol–water partition coefficient (Wildman–Crippen LogP) is 2.48. The summed E-state index contributed by atoms with van der Waals surface area (Å²) >= 11 is 1.05. The van der Waals surface area contributed by atoms with E-state index in [4.69, 9.17) is 0 Å².